The molecule has 0 spiro atoms. The Labute approximate surface area is 182 Å². The van der Waals surface area contributed by atoms with Crippen molar-refractivity contribution in [3.05, 3.63) is 0 Å². The monoisotopic (exact) mass is 429 g/mol. The Bertz CT molecular complexity index is 577. The first-order valence-electron chi connectivity index (χ1n) is 10.1. The number of carbonyl (C=O) groups is 5. The van der Waals surface area contributed by atoms with Gasteiger partial charge in [0.1, 0.15) is 23.4 Å². The SMILES string of the molecule is CC(=O)C(C)(C)C.CC(=O)C(C)(C)C.CC(=O)N[C@@H](CCC(=O)C(C)(C)C)C(=O)O. The highest BCUT2D eigenvalue weighted by Crippen LogP contribution is 2.18. The summed E-state index contributed by atoms with van der Waals surface area (Å²) in [7, 11) is 0. The predicted molar refractivity (Wildman–Crippen MR) is 119 cm³/mol. The number of nitrogens with one attached hydrogen (secondary N) is 1. The minimum atomic E-state index is -1.11. The molecule has 0 saturated carbocycles. The average Bonchev–Trinajstić information content (AvgIpc) is 2.48. The van der Waals surface area contributed by atoms with Gasteiger partial charge in [0, 0.05) is 29.6 Å². The fourth-order valence-electron chi connectivity index (χ4n) is 1.15. The van der Waals surface area contributed by atoms with Crippen LogP contribution in [0.25, 0.3) is 0 Å². The van der Waals surface area contributed by atoms with Gasteiger partial charge in [-0.05, 0) is 20.3 Å². The molecule has 0 aromatic heterocycles. The van der Waals surface area contributed by atoms with Gasteiger partial charge in [-0.25, -0.2) is 4.79 Å². The first kappa shape index (κ1) is 32.6. The molecule has 0 heterocycles. The Kier molecular flexibility index (Phi) is 14.4. The molecule has 7 nitrogen and oxygen atoms in total. The number of hydrogen-bond acceptors (Lipinski definition) is 5. The molecule has 0 fully saturated rings. The van der Waals surface area contributed by atoms with Gasteiger partial charge in [0.25, 0.3) is 0 Å². The van der Waals surface area contributed by atoms with Gasteiger partial charge < -0.3 is 10.4 Å². The van der Waals surface area contributed by atoms with E-state index in [4.69, 9.17) is 5.11 Å². The topological polar surface area (TPSA) is 118 Å². The number of aliphatic carboxylic acids is 1. The molecule has 0 radical (unpaired) electrons. The third-order valence-electron chi connectivity index (χ3n) is 4.28. The molecule has 0 aliphatic rings. The Morgan fingerprint density at radius 2 is 1.00 bits per heavy atom. The zero-order valence-corrected chi connectivity index (χ0v) is 21.0. The molecule has 2 N–H and O–H groups in total. The van der Waals surface area contributed by atoms with Crippen molar-refractivity contribution in [2.75, 3.05) is 0 Å². The van der Waals surface area contributed by atoms with E-state index in [1.807, 2.05) is 41.5 Å². The van der Waals surface area contributed by atoms with Crippen molar-refractivity contribution in [2.45, 2.75) is 102 Å². The molecular formula is C23H43NO6. The van der Waals surface area contributed by atoms with E-state index in [0.29, 0.717) is 0 Å². The molecule has 0 aliphatic heterocycles. The maximum absolute atomic E-state index is 11.6. The zero-order chi connectivity index (χ0) is 25.1. The van der Waals surface area contributed by atoms with Gasteiger partial charge in [0.2, 0.25) is 5.91 Å². The van der Waals surface area contributed by atoms with Gasteiger partial charge in [-0.15, -0.1) is 0 Å². The summed E-state index contributed by atoms with van der Waals surface area (Å²) in [4.78, 5) is 54.0. The Morgan fingerprint density at radius 1 is 0.700 bits per heavy atom. The van der Waals surface area contributed by atoms with Crippen molar-refractivity contribution in [1.82, 2.24) is 5.32 Å². The van der Waals surface area contributed by atoms with Crippen molar-refractivity contribution in [3.63, 3.8) is 0 Å². The van der Waals surface area contributed by atoms with Crippen molar-refractivity contribution >= 4 is 29.2 Å². The summed E-state index contributed by atoms with van der Waals surface area (Å²) in [6.45, 7) is 21.3. The smallest absolute Gasteiger partial charge is 0.326 e. The number of hydrogen-bond donors (Lipinski definition) is 2. The van der Waals surface area contributed by atoms with Crippen molar-refractivity contribution < 1.29 is 29.1 Å². The predicted octanol–water partition coefficient (Wildman–Crippen LogP) is 4.21. The normalized spacial score (nSPS) is 12.3. The Morgan fingerprint density at radius 3 is 1.17 bits per heavy atom. The fourth-order valence-corrected chi connectivity index (χ4v) is 1.15. The minimum Gasteiger partial charge on any atom is -0.480 e. The molecule has 0 aromatic carbocycles. The summed E-state index contributed by atoms with van der Waals surface area (Å²) in [5, 5.41) is 11.1. The quantitative estimate of drug-likeness (QED) is 0.676. The first-order chi connectivity index (χ1) is 13.0. The van der Waals surface area contributed by atoms with E-state index in [1.165, 1.54) is 6.92 Å². The van der Waals surface area contributed by atoms with Crippen LogP contribution in [0.4, 0.5) is 0 Å². The number of rotatable bonds is 5. The van der Waals surface area contributed by atoms with Gasteiger partial charge in [0.05, 0.1) is 0 Å². The largest absolute Gasteiger partial charge is 0.480 e. The number of ketones is 3. The molecule has 7 heteroatoms. The number of carbonyl (C=O) groups excluding carboxylic acids is 4. The molecule has 0 bridgehead atoms. The van der Waals surface area contributed by atoms with E-state index in [9.17, 15) is 24.0 Å². The van der Waals surface area contributed by atoms with Crippen LogP contribution in [-0.2, 0) is 24.0 Å². The summed E-state index contributed by atoms with van der Waals surface area (Å²) in [6, 6.07) is -0.983. The van der Waals surface area contributed by atoms with Gasteiger partial charge in [-0.2, -0.15) is 0 Å². The van der Waals surface area contributed by atoms with Crippen LogP contribution in [0.3, 0.4) is 0 Å². The zero-order valence-electron chi connectivity index (χ0n) is 21.0. The van der Waals surface area contributed by atoms with E-state index in [0.717, 1.165) is 0 Å². The number of carboxylic acids is 1. The standard InChI is InChI=1S/C11H19NO4.2C6H12O/c1-7(13)12-8(10(15)16)5-6-9(14)11(2,3)4;2*1-5(7)6(2,3)4/h8H,5-6H2,1-4H3,(H,12,13)(H,15,16);2*1-4H3/t8-;;/m0../s1. The highest BCUT2D eigenvalue weighted by atomic mass is 16.4. The van der Waals surface area contributed by atoms with E-state index in [-0.39, 0.29) is 41.0 Å². The molecule has 0 unspecified atom stereocenters. The molecule has 0 saturated heterocycles. The maximum Gasteiger partial charge on any atom is 0.326 e. The van der Waals surface area contributed by atoms with Crippen LogP contribution >= 0.6 is 0 Å². The molecule has 1 atom stereocenters. The maximum atomic E-state index is 11.6. The molecule has 176 valence electrons. The average molecular weight is 430 g/mol. The van der Waals surface area contributed by atoms with Gasteiger partial charge in [0.15, 0.2) is 0 Å². The van der Waals surface area contributed by atoms with Crippen LogP contribution in [0, 0.1) is 16.2 Å². The molecule has 30 heavy (non-hydrogen) atoms. The minimum absolute atomic E-state index is 0.0101. The van der Waals surface area contributed by atoms with Crippen LogP contribution < -0.4 is 5.32 Å². The Hall–Kier alpha value is -2.05. The van der Waals surface area contributed by atoms with Gasteiger partial charge >= 0.3 is 5.97 Å². The van der Waals surface area contributed by atoms with Crippen molar-refractivity contribution in [2.24, 2.45) is 16.2 Å². The molecule has 0 aromatic rings. The molecule has 0 aliphatic carbocycles. The van der Waals surface area contributed by atoms with Crippen LogP contribution in [-0.4, -0.2) is 40.4 Å². The molecular weight excluding hydrogens is 386 g/mol. The summed E-state index contributed by atoms with van der Waals surface area (Å²) in [5.41, 5.74) is -0.751. The molecule has 1 amide bonds. The summed E-state index contributed by atoms with van der Waals surface area (Å²) >= 11 is 0. The molecule has 0 rings (SSSR count). The summed E-state index contributed by atoms with van der Waals surface area (Å²) < 4.78 is 0. The highest BCUT2D eigenvalue weighted by Gasteiger charge is 2.25. The van der Waals surface area contributed by atoms with Crippen molar-refractivity contribution in [3.8, 4) is 0 Å². The second-order valence-corrected chi connectivity index (χ2v) is 10.4. The second-order valence-electron chi connectivity index (χ2n) is 10.4. The lowest BCUT2D eigenvalue weighted by Crippen LogP contribution is -2.40. The van der Waals surface area contributed by atoms with Crippen LogP contribution in [0.15, 0.2) is 0 Å². The Balaban J connectivity index is -0.000000430. The number of Topliss-reactive ketones (excluding diaryl/α,β-unsaturated/α-hetero) is 3. The lowest BCUT2D eigenvalue weighted by Gasteiger charge is -2.18. The number of carboxylic acid groups (broad SMARTS) is 1. The van der Waals surface area contributed by atoms with Crippen LogP contribution in [0.2, 0.25) is 0 Å². The van der Waals surface area contributed by atoms with E-state index < -0.39 is 23.3 Å². The fraction of sp³-hybridized carbons (Fsp3) is 0.783. The summed E-state index contributed by atoms with van der Waals surface area (Å²) in [5.74, 6) is -1.04. The van der Waals surface area contributed by atoms with E-state index >= 15 is 0 Å². The van der Waals surface area contributed by atoms with Gasteiger partial charge in [-0.3, -0.25) is 19.2 Å². The first-order valence-corrected chi connectivity index (χ1v) is 10.1. The third kappa shape index (κ3) is 19.3. The van der Waals surface area contributed by atoms with Gasteiger partial charge in [-0.1, -0.05) is 62.3 Å². The van der Waals surface area contributed by atoms with E-state index in [1.54, 1.807) is 34.6 Å². The highest BCUT2D eigenvalue weighted by molar-refractivity contribution is 5.86. The lowest BCUT2D eigenvalue weighted by atomic mass is 9.87. The summed E-state index contributed by atoms with van der Waals surface area (Å²) in [6.07, 6.45) is 0.283. The van der Waals surface area contributed by atoms with Crippen molar-refractivity contribution in [1.29, 1.82) is 0 Å². The number of amides is 1. The third-order valence-corrected chi connectivity index (χ3v) is 4.28. The second kappa shape index (κ2) is 13.3. The lowest BCUT2D eigenvalue weighted by molar-refractivity contribution is -0.142. The van der Waals surface area contributed by atoms with Crippen LogP contribution in [0.1, 0.15) is 95.9 Å². The van der Waals surface area contributed by atoms with E-state index in [2.05, 4.69) is 5.32 Å². The van der Waals surface area contributed by atoms with Crippen LogP contribution in [0.5, 0.6) is 0 Å².